The van der Waals surface area contributed by atoms with Crippen LogP contribution >= 0.6 is 0 Å². The van der Waals surface area contributed by atoms with Crippen molar-refractivity contribution in [2.75, 3.05) is 0 Å². The predicted octanol–water partition coefficient (Wildman–Crippen LogP) is 9.92. The highest BCUT2D eigenvalue weighted by molar-refractivity contribution is 5.87. The molecule has 0 radical (unpaired) electrons. The van der Waals surface area contributed by atoms with Gasteiger partial charge in [-0.3, -0.25) is 0 Å². The van der Waals surface area contributed by atoms with Gasteiger partial charge >= 0.3 is 0 Å². The fraction of sp³-hybridized carbons (Fsp3) is 0.273. The van der Waals surface area contributed by atoms with Gasteiger partial charge in [-0.25, -0.2) is 0 Å². The minimum Gasteiger partial charge on any atom is -0.0961 e. The van der Waals surface area contributed by atoms with Crippen LogP contribution in [0.2, 0.25) is 0 Å². The van der Waals surface area contributed by atoms with E-state index in [1.165, 1.54) is 44.5 Å². The molecule has 0 saturated heterocycles. The van der Waals surface area contributed by atoms with Crippen LogP contribution in [-0.2, 0) is 5.41 Å². The first-order chi connectivity index (χ1) is 15.8. The number of fused-ring (bicyclic) bond motifs is 3. The first-order valence-corrected chi connectivity index (χ1v) is 12.0. The van der Waals surface area contributed by atoms with Crippen LogP contribution in [-0.4, -0.2) is 0 Å². The molecule has 0 saturated carbocycles. The van der Waals surface area contributed by atoms with E-state index in [2.05, 4.69) is 133 Å². The van der Waals surface area contributed by atoms with Crippen molar-refractivity contribution in [3.8, 4) is 11.1 Å². The second-order valence-corrected chi connectivity index (χ2v) is 8.87. The van der Waals surface area contributed by atoms with Gasteiger partial charge in [0.05, 0.1) is 5.41 Å². The molecule has 0 unspecified atom stereocenters. The van der Waals surface area contributed by atoms with Gasteiger partial charge in [-0.1, -0.05) is 122 Å². The molecule has 3 rings (SSSR count). The van der Waals surface area contributed by atoms with Gasteiger partial charge in [-0.2, -0.15) is 0 Å². The summed E-state index contributed by atoms with van der Waals surface area (Å²) in [5.74, 6) is 0. The fourth-order valence-electron chi connectivity index (χ4n) is 4.60. The van der Waals surface area contributed by atoms with Crippen LogP contribution in [0.5, 0.6) is 0 Å². The molecule has 0 heterocycles. The highest BCUT2D eigenvalue weighted by Crippen LogP contribution is 2.57. The third-order valence-corrected chi connectivity index (χ3v) is 5.61. The first-order valence-electron chi connectivity index (χ1n) is 12.0. The summed E-state index contributed by atoms with van der Waals surface area (Å²) in [6, 6.07) is 17.7. The van der Waals surface area contributed by atoms with Crippen LogP contribution < -0.4 is 0 Å². The number of allylic oxidation sites excluding steroid dienone is 11. The average molecular weight is 437 g/mol. The lowest BCUT2D eigenvalue weighted by atomic mass is 9.65. The SMILES string of the molecule is C=C(C)/C=C(\C=C/C)C1(/C(C=C(C)C)=C/C=C(C)C)c2ccccc2-c2ccccc21.CC. The molecule has 0 heteroatoms. The normalized spacial score (nSPS) is 14.1. The van der Waals surface area contributed by atoms with Crippen molar-refractivity contribution in [1.29, 1.82) is 0 Å². The van der Waals surface area contributed by atoms with E-state index in [0.717, 1.165) is 5.57 Å². The van der Waals surface area contributed by atoms with Crippen molar-refractivity contribution in [2.24, 2.45) is 0 Å². The monoisotopic (exact) mass is 436 g/mol. The van der Waals surface area contributed by atoms with Gasteiger partial charge in [0.15, 0.2) is 0 Å². The number of hydrogen-bond acceptors (Lipinski definition) is 0. The highest BCUT2D eigenvalue weighted by atomic mass is 14.5. The Morgan fingerprint density at radius 3 is 1.64 bits per heavy atom. The molecule has 172 valence electrons. The van der Waals surface area contributed by atoms with E-state index in [1.54, 1.807) is 0 Å². The minimum absolute atomic E-state index is 0.401. The molecule has 0 atom stereocenters. The Kier molecular flexibility index (Phi) is 9.23. The lowest BCUT2D eigenvalue weighted by Crippen LogP contribution is -2.30. The lowest BCUT2D eigenvalue weighted by Gasteiger charge is -2.36. The Balaban J connectivity index is 0.00000187. The minimum atomic E-state index is -0.401. The van der Waals surface area contributed by atoms with E-state index < -0.39 is 5.41 Å². The zero-order chi connectivity index (χ0) is 24.6. The summed E-state index contributed by atoms with van der Waals surface area (Å²) < 4.78 is 0. The maximum atomic E-state index is 4.23. The van der Waals surface area contributed by atoms with Crippen LogP contribution in [0.1, 0.15) is 66.5 Å². The molecule has 0 aromatic heterocycles. The van der Waals surface area contributed by atoms with Crippen LogP contribution in [0.3, 0.4) is 0 Å². The van der Waals surface area contributed by atoms with Crippen molar-refractivity contribution in [1.82, 2.24) is 0 Å². The topological polar surface area (TPSA) is 0 Å². The molecule has 0 N–H and O–H groups in total. The van der Waals surface area contributed by atoms with Gasteiger partial charge in [0.25, 0.3) is 0 Å². The van der Waals surface area contributed by atoms with E-state index in [0.29, 0.717) is 0 Å². The van der Waals surface area contributed by atoms with Crippen LogP contribution in [0.25, 0.3) is 11.1 Å². The second kappa shape index (κ2) is 11.7. The Labute approximate surface area is 202 Å². The third-order valence-electron chi connectivity index (χ3n) is 5.61. The standard InChI is InChI=1S/C31H34.C2H6/c1-8-13-25(20-23(4)5)31(26(21-24(6)7)19-18-22(2)3)29-16-11-9-14-27(29)28-15-10-12-17-30(28)31;1-2/h8-21H,4H2,1-3,5-7H3;1-2H3/b13-8-,25-20+,26-19+;. The zero-order valence-corrected chi connectivity index (χ0v) is 21.8. The van der Waals surface area contributed by atoms with Gasteiger partial charge in [-0.05, 0) is 74.9 Å². The van der Waals surface area contributed by atoms with Crippen molar-refractivity contribution in [3.05, 3.63) is 131 Å². The molecule has 2 aromatic rings. The van der Waals surface area contributed by atoms with Crippen LogP contribution in [0.4, 0.5) is 0 Å². The van der Waals surface area contributed by atoms with Gasteiger partial charge in [0, 0.05) is 0 Å². The lowest BCUT2D eigenvalue weighted by molar-refractivity contribution is 0.762. The Hall–Kier alpha value is -3.12. The highest BCUT2D eigenvalue weighted by Gasteiger charge is 2.46. The summed E-state index contributed by atoms with van der Waals surface area (Å²) in [6.07, 6.45) is 13.5. The largest absolute Gasteiger partial charge is 0.0961 e. The molecule has 0 amide bonds. The Morgan fingerprint density at radius 1 is 0.697 bits per heavy atom. The average Bonchev–Trinajstić information content (AvgIpc) is 3.08. The van der Waals surface area contributed by atoms with Gasteiger partial charge in [0.2, 0.25) is 0 Å². The van der Waals surface area contributed by atoms with Crippen molar-refractivity contribution in [2.45, 2.75) is 60.8 Å². The maximum absolute atomic E-state index is 4.23. The van der Waals surface area contributed by atoms with E-state index in [9.17, 15) is 0 Å². The van der Waals surface area contributed by atoms with E-state index >= 15 is 0 Å². The number of benzene rings is 2. The Bertz CT molecular complexity index is 1090. The van der Waals surface area contributed by atoms with Crippen LogP contribution in [0.15, 0.2) is 119 Å². The van der Waals surface area contributed by atoms with Crippen LogP contribution in [0, 0.1) is 0 Å². The quantitative estimate of drug-likeness (QED) is 0.395. The summed E-state index contributed by atoms with van der Waals surface area (Å²) in [4.78, 5) is 0. The summed E-state index contributed by atoms with van der Waals surface area (Å²) in [6.45, 7) is 21.0. The molecule has 0 fully saturated rings. The number of hydrogen-bond donors (Lipinski definition) is 0. The van der Waals surface area contributed by atoms with Gasteiger partial charge in [-0.15, -0.1) is 0 Å². The molecule has 0 bridgehead atoms. The first kappa shape index (κ1) is 26.1. The Morgan fingerprint density at radius 2 is 1.21 bits per heavy atom. The molecular formula is C33H40. The molecular weight excluding hydrogens is 396 g/mol. The van der Waals surface area contributed by atoms with E-state index in [4.69, 9.17) is 0 Å². The maximum Gasteiger partial charge on any atom is 0.0713 e. The fourth-order valence-corrected chi connectivity index (χ4v) is 4.60. The molecule has 1 aliphatic carbocycles. The zero-order valence-electron chi connectivity index (χ0n) is 21.8. The molecule has 0 aliphatic heterocycles. The number of rotatable bonds is 6. The molecule has 2 aromatic carbocycles. The van der Waals surface area contributed by atoms with Crippen molar-refractivity contribution >= 4 is 0 Å². The van der Waals surface area contributed by atoms with Crippen molar-refractivity contribution in [3.63, 3.8) is 0 Å². The molecule has 0 spiro atoms. The van der Waals surface area contributed by atoms with Gasteiger partial charge < -0.3 is 0 Å². The molecule has 0 nitrogen and oxygen atoms in total. The molecule has 33 heavy (non-hydrogen) atoms. The van der Waals surface area contributed by atoms with E-state index in [-0.39, 0.29) is 0 Å². The van der Waals surface area contributed by atoms with Crippen molar-refractivity contribution < 1.29 is 0 Å². The summed E-state index contributed by atoms with van der Waals surface area (Å²) >= 11 is 0. The van der Waals surface area contributed by atoms with E-state index in [1.807, 2.05) is 13.8 Å². The summed E-state index contributed by atoms with van der Waals surface area (Å²) in [5.41, 5.74) is 11.0. The smallest absolute Gasteiger partial charge is 0.0713 e. The molecule has 1 aliphatic rings. The predicted molar refractivity (Wildman–Crippen MR) is 149 cm³/mol. The van der Waals surface area contributed by atoms with Gasteiger partial charge in [0.1, 0.15) is 0 Å². The second-order valence-electron chi connectivity index (χ2n) is 8.87. The summed E-state index contributed by atoms with van der Waals surface area (Å²) in [5, 5.41) is 0. The summed E-state index contributed by atoms with van der Waals surface area (Å²) in [7, 11) is 0. The third kappa shape index (κ3) is 5.28.